The molecule has 3 aromatic rings. The van der Waals surface area contributed by atoms with Crippen LogP contribution in [0.25, 0.3) is 5.69 Å². The normalized spacial score (nSPS) is 17.5. The lowest BCUT2D eigenvalue weighted by molar-refractivity contribution is 0.307. The summed E-state index contributed by atoms with van der Waals surface area (Å²) in [7, 11) is 0. The van der Waals surface area contributed by atoms with Gasteiger partial charge in [-0.1, -0.05) is 24.3 Å². The minimum atomic E-state index is 0.610. The highest BCUT2D eigenvalue weighted by atomic mass is 15.5. The molecule has 0 radical (unpaired) electrons. The molecule has 1 unspecified atom stereocenters. The van der Waals surface area contributed by atoms with Crippen molar-refractivity contribution in [2.75, 3.05) is 25.0 Å². The molecule has 1 fully saturated rings. The molecule has 1 N–H and O–H groups in total. The van der Waals surface area contributed by atoms with Gasteiger partial charge in [-0.15, -0.1) is 5.10 Å². The van der Waals surface area contributed by atoms with Crippen molar-refractivity contribution in [1.82, 2.24) is 30.1 Å². The largest absolute Gasteiger partial charge is 0.370 e. The quantitative estimate of drug-likeness (QED) is 0.736. The van der Waals surface area contributed by atoms with E-state index in [1.807, 2.05) is 47.3 Å². The number of pyridine rings is 1. The maximum absolute atomic E-state index is 4.41. The van der Waals surface area contributed by atoms with Gasteiger partial charge in [-0.2, -0.15) is 4.68 Å². The van der Waals surface area contributed by atoms with Gasteiger partial charge >= 0.3 is 0 Å². The maximum atomic E-state index is 4.41. The molecule has 1 aliphatic heterocycles. The minimum Gasteiger partial charge on any atom is -0.370 e. The lowest BCUT2D eigenvalue weighted by atomic mass is 10.1. The standard InChI is InChI=1S/C19H23N7/c1-15-7-8-18(20-11-15)21-12-16-9-10-25(13-16)14-19-22-23-24-26(19)17-5-3-2-4-6-17/h2-8,11,16H,9-10,12-14H2,1H3,(H,20,21). The number of hydrogen-bond donors (Lipinski definition) is 1. The molecule has 1 aromatic carbocycles. The summed E-state index contributed by atoms with van der Waals surface area (Å²) in [6, 6.07) is 14.1. The van der Waals surface area contributed by atoms with Crippen LogP contribution in [0.3, 0.4) is 0 Å². The van der Waals surface area contributed by atoms with Crippen molar-refractivity contribution in [1.29, 1.82) is 0 Å². The van der Waals surface area contributed by atoms with E-state index >= 15 is 0 Å². The van der Waals surface area contributed by atoms with Gasteiger partial charge in [-0.05, 0) is 60.0 Å². The number of rotatable bonds is 6. The van der Waals surface area contributed by atoms with Crippen LogP contribution in [-0.2, 0) is 6.54 Å². The van der Waals surface area contributed by atoms with Gasteiger partial charge in [0.1, 0.15) is 5.82 Å². The first-order chi connectivity index (χ1) is 12.8. The Labute approximate surface area is 153 Å². The van der Waals surface area contributed by atoms with Crippen LogP contribution in [-0.4, -0.2) is 49.7 Å². The predicted octanol–water partition coefficient (Wildman–Crippen LogP) is 2.30. The molecule has 0 amide bonds. The highest BCUT2D eigenvalue weighted by Gasteiger charge is 2.24. The van der Waals surface area contributed by atoms with Crippen LogP contribution < -0.4 is 5.32 Å². The Morgan fingerprint density at radius 3 is 2.85 bits per heavy atom. The Morgan fingerprint density at radius 2 is 2.04 bits per heavy atom. The molecule has 7 heteroatoms. The molecule has 0 aliphatic carbocycles. The Balaban J connectivity index is 1.32. The van der Waals surface area contributed by atoms with E-state index in [4.69, 9.17) is 0 Å². The second-order valence-corrected chi connectivity index (χ2v) is 6.83. The summed E-state index contributed by atoms with van der Waals surface area (Å²) in [5, 5.41) is 15.7. The molecule has 3 heterocycles. The van der Waals surface area contributed by atoms with Crippen molar-refractivity contribution in [2.24, 2.45) is 5.92 Å². The number of nitrogens with zero attached hydrogens (tertiary/aromatic N) is 6. The Kier molecular flexibility index (Phi) is 4.88. The van der Waals surface area contributed by atoms with E-state index in [1.54, 1.807) is 0 Å². The molecular formula is C19H23N7. The molecular weight excluding hydrogens is 326 g/mol. The third-order valence-electron chi connectivity index (χ3n) is 4.75. The van der Waals surface area contributed by atoms with Gasteiger partial charge in [0.25, 0.3) is 0 Å². The van der Waals surface area contributed by atoms with Crippen molar-refractivity contribution in [3.63, 3.8) is 0 Å². The van der Waals surface area contributed by atoms with E-state index < -0.39 is 0 Å². The first-order valence-corrected chi connectivity index (χ1v) is 8.99. The third kappa shape index (κ3) is 3.88. The lowest BCUT2D eigenvalue weighted by Gasteiger charge is -2.16. The van der Waals surface area contributed by atoms with Crippen LogP contribution in [0.4, 0.5) is 5.82 Å². The fourth-order valence-corrected chi connectivity index (χ4v) is 3.32. The van der Waals surface area contributed by atoms with E-state index in [2.05, 4.69) is 43.7 Å². The van der Waals surface area contributed by atoms with Gasteiger partial charge in [-0.25, -0.2) is 4.98 Å². The monoisotopic (exact) mass is 349 g/mol. The van der Waals surface area contributed by atoms with Crippen LogP contribution in [0.5, 0.6) is 0 Å². The number of tetrazole rings is 1. The van der Waals surface area contributed by atoms with Crippen molar-refractivity contribution >= 4 is 5.82 Å². The lowest BCUT2D eigenvalue weighted by Crippen LogP contribution is -2.24. The molecule has 4 rings (SSSR count). The van der Waals surface area contributed by atoms with Crippen LogP contribution in [0.2, 0.25) is 0 Å². The number of para-hydroxylation sites is 1. The Bertz CT molecular complexity index is 829. The molecule has 0 spiro atoms. The average Bonchev–Trinajstić information content (AvgIpc) is 3.32. The van der Waals surface area contributed by atoms with Gasteiger partial charge < -0.3 is 5.32 Å². The molecule has 26 heavy (non-hydrogen) atoms. The van der Waals surface area contributed by atoms with Crippen LogP contribution in [0.15, 0.2) is 48.7 Å². The Morgan fingerprint density at radius 1 is 1.15 bits per heavy atom. The smallest absolute Gasteiger partial charge is 0.170 e. The predicted molar refractivity (Wildman–Crippen MR) is 100 cm³/mol. The molecule has 1 saturated heterocycles. The zero-order chi connectivity index (χ0) is 17.8. The first kappa shape index (κ1) is 16.7. The first-order valence-electron chi connectivity index (χ1n) is 8.99. The summed E-state index contributed by atoms with van der Waals surface area (Å²) < 4.78 is 1.82. The number of likely N-dealkylation sites (tertiary alicyclic amines) is 1. The van der Waals surface area contributed by atoms with Gasteiger partial charge in [0.15, 0.2) is 5.82 Å². The van der Waals surface area contributed by atoms with Crippen LogP contribution in [0, 0.1) is 12.8 Å². The van der Waals surface area contributed by atoms with Crippen molar-refractivity contribution < 1.29 is 0 Å². The highest BCUT2D eigenvalue weighted by molar-refractivity contribution is 5.35. The van der Waals surface area contributed by atoms with Gasteiger partial charge in [-0.3, -0.25) is 4.90 Å². The van der Waals surface area contributed by atoms with E-state index in [9.17, 15) is 0 Å². The fourth-order valence-electron chi connectivity index (χ4n) is 3.32. The summed E-state index contributed by atoms with van der Waals surface area (Å²) in [6.45, 7) is 5.86. The molecule has 0 saturated carbocycles. The van der Waals surface area contributed by atoms with Crippen molar-refractivity contribution in [3.8, 4) is 5.69 Å². The molecule has 7 nitrogen and oxygen atoms in total. The molecule has 0 bridgehead atoms. The van der Waals surface area contributed by atoms with Gasteiger partial charge in [0.05, 0.1) is 12.2 Å². The SMILES string of the molecule is Cc1ccc(NCC2CCN(Cc3nnnn3-c3ccccc3)C2)nc1. The third-order valence-corrected chi connectivity index (χ3v) is 4.75. The number of aryl methyl sites for hydroxylation is 1. The number of hydrogen-bond acceptors (Lipinski definition) is 6. The molecule has 134 valence electrons. The second kappa shape index (κ2) is 7.61. The zero-order valence-electron chi connectivity index (χ0n) is 14.9. The summed E-state index contributed by atoms with van der Waals surface area (Å²) in [5.74, 6) is 2.44. The van der Waals surface area contributed by atoms with E-state index in [0.29, 0.717) is 5.92 Å². The summed E-state index contributed by atoms with van der Waals surface area (Å²) >= 11 is 0. The number of benzene rings is 1. The van der Waals surface area contributed by atoms with Crippen molar-refractivity contribution in [2.45, 2.75) is 19.9 Å². The fraction of sp³-hybridized carbons (Fsp3) is 0.368. The number of anilines is 1. The highest BCUT2D eigenvalue weighted by Crippen LogP contribution is 2.19. The van der Waals surface area contributed by atoms with Crippen LogP contribution in [0.1, 0.15) is 17.8 Å². The van der Waals surface area contributed by atoms with E-state index in [1.165, 1.54) is 12.0 Å². The Hall–Kier alpha value is -2.80. The topological polar surface area (TPSA) is 71.8 Å². The average molecular weight is 349 g/mol. The summed E-state index contributed by atoms with van der Waals surface area (Å²) in [4.78, 5) is 6.83. The second-order valence-electron chi connectivity index (χ2n) is 6.83. The zero-order valence-corrected chi connectivity index (χ0v) is 14.9. The summed E-state index contributed by atoms with van der Waals surface area (Å²) in [6.07, 6.45) is 3.07. The summed E-state index contributed by atoms with van der Waals surface area (Å²) in [5.41, 5.74) is 2.18. The number of nitrogens with one attached hydrogen (secondary N) is 1. The van der Waals surface area contributed by atoms with Gasteiger partial charge in [0, 0.05) is 19.3 Å². The van der Waals surface area contributed by atoms with Crippen molar-refractivity contribution in [3.05, 3.63) is 60.0 Å². The molecule has 1 aliphatic rings. The molecule has 1 atom stereocenters. The molecule has 2 aromatic heterocycles. The van der Waals surface area contributed by atoms with E-state index in [0.717, 1.165) is 43.5 Å². The van der Waals surface area contributed by atoms with Crippen LogP contribution >= 0.6 is 0 Å². The minimum absolute atomic E-state index is 0.610. The number of aromatic nitrogens is 5. The maximum Gasteiger partial charge on any atom is 0.170 e. The van der Waals surface area contributed by atoms with Gasteiger partial charge in [0.2, 0.25) is 0 Å². The van der Waals surface area contributed by atoms with E-state index in [-0.39, 0.29) is 0 Å².